The molecule has 102 valence electrons. The second-order valence-electron chi connectivity index (χ2n) is 3.67. The Labute approximate surface area is 124 Å². The molecule has 0 spiro atoms. The highest BCUT2D eigenvalue weighted by molar-refractivity contribution is 9.08. The summed E-state index contributed by atoms with van der Waals surface area (Å²) in [5.41, 5.74) is 1.97. The summed E-state index contributed by atoms with van der Waals surface area (Å²) < 4.78 is 5.16. The van der Waals surface area contributed by atoms with E-state index in [4.69, 9.17) is 9.62 Å². The molecule has 1 aromatic heterocycles. The number of alkyl halides is 1. The lowest BCUT2D eigenvalue weighted by molar-refractivity contribution is -0.281. The van der Waals surface area contributed by atoms with Crippen molar-refractivity contribution in [3.05, 3.63) is 34.2 Å². The van der Waals surface area contributed by atoms with Gasteiger partial charge in [-0.2, -0.15) is 0 Å². The summed E-state index contributed by atoms with van der Waals surface area (Å²) in [6.45, 7) is 0.391. The monoisotopic (exact) mass is 343 g/mol. The molecule has 1 heterocycles. The third-order valence-electron chi connectivity index (χ3n) is 2.53. The van der Waals surface area contributed by atoms with Crippen molar-refractivity contribution < 1.29 is 14.5 Å². The van der Waals surface area contributed by atoms with Crippen molar-refractivity contribution in [3.63, 3.8) is 0 Å². The Balaban J connectivity index is 2.32. The summed E-state index contributed by atoms with van der Waals surface area (Å²) >= 11 is 5.03. The van der Waals surface area contributed by atoms with Crippen molar-refractivity contribution in [3.8, 4) is 17.0 Å². The molecule has 0 saturated heterocycles. The molecule has 0 aliphatic heterocycles. The SMILES string of the molecule is COOCc1sc(CBr)nc1-c1ccc(OC)cc1. The summed E-state index contributed by atoms with van der Waals surface area (Å²) in [6, 6.07) is 7.82. The Morgan fingerprint density at radius 1 is 1.21 bits per heavy atom. The highest BCUT2D eigenvalue weighted by Crippen LogP contribution is 2.31. The predicted molar refractivity (Wildman–Crippen MR) is 78.5 cm³/mol. The maximum atomic E-state index is 5.16. The minimum atomic E-state index is 0.391. The van der Waals surface area contributed by atoms with Crippen LogP contribution in [0.2, 0.25) is 0 Å². The van der Waals surface area contributed by atoms with Crippen molar-refractivity contribution in [1.29, 1.82) is 0 Å². The molecule has 0 bridgehead atoms. The van der Waals surface area contributed by atoms with Gasteiger partial charge in [-0.25, -0.2) is 14.8 Å². The van der Waals surface area contributed by atoms with E-state index < -0.39 is 0 Å². The number of halogens is 1. The Morgan fingerprint density at radius 2 is 1.95 bits per heavy atom. The fourth-order valence-electron chi connectivity index (χ4n) is 1.64. The van der Waals surface area contributed by atoms with E-state index in [-0.39, 0.29) is 0 Å². The molecule has 0 unspecified atom stereocenters. The Hall–Kier alpha value is -0.950. The first-order valence-electron chi connectivity index (χ1n) is 5.63. The van der Waals surface area contributed by atoms with Crippen LogP contribution in [0.15, 0.2) is 24.3 Å². The summed E-state index contributed by atoms with van der Waals surface area (Å²) in [5.74, 6) is 0.828. The van der Waals surface area contributed by atoms with Gasteiger partial charge >= 0.3 is 0 Å². The van der Waals surface area contributed by atoms with Crippen LogP contribution >= 0.6 is 27.3 Å². The number of ether oxygens (including phenoxy) is 1. The van der Waals surface area contributed by atoms with Gasteiger partial charge in [0, 0.05) is 5.56 Å². The van der Waals surface area contributed by atoms with Crippen LogP contribution in [0.4, 0.5) is 0 Å². The standard InChI is InChI=1S/C13H14BrNO3S/c1-16-10-5-3-9(4-6-10)13-11(8-18-17-2)19-12(7-14)15-13/h3-6H,7-8H2,1-2H3. The van der Waals surface area contributed by atoms with Gasteiger partial charge in [-0.15, -0.1) is 11.3 Å². The maximum absolute atomic E-state index is 5.16. The quantitative estimate of drug-likeness (QED) is 0.454. The van der Waals surface area contributed by atoms with E-state index in [0.29, 0.717) is 6.61 Å². The molecule has 0 atom stereocenters. The molecule has 0 saturated carbocycles. The average molecular weight is 344 g/mol. The van der Waals surface area contributed by atoms with Crippen LogP contribution in [0.5, 0.6) is 5.75 Å². The zero-order chi connectivity index (χ0) is 13.7. The zero-order valence-electron chi connectivity index (χ0n) is 10.7. The number of nitrogens with zero attached hydrogens (tertiary/aromatic N) is 1. The van der Waals surface area contributed by atoms with E-state index in [9.17, 15) is 0 Å². The van der Waals surface area contributed by atoms with Gasteiger partial charge in [0.2, 0.25) is 0 Å². The lowest BCUT2D eigenvalue weighted by Crippen LogP contribution is -1.91. The second-order valence-corrected chi connectivity index (χ2v) is 5.40. The van der Waals surface area contributed by atoms with Gasteiger partial charge in [-0.05, 0) is 24.3 Å². The Kier molecular flexibility index (Phi) is 5.33. The zero-order valence-corrected chi connectivity index (χ0v) is 13.1. The largest absolute Gasteiger partial charge is 0.497 e. The average Bonchev–Trinajstić information content (AvgIpc) is 2.88. The lowest BCUT2D eigenvalue weighted by atomic mass is 10.1. The van der Waals surface area contributed by atoms with Gasteiger partial charge in [0.15, 0.2) is 0 Å². The number of methoxy groups -OCH3 is 1. The molecule has 2 aromatic rings. The molecule has 0 N–H and O–H groups in total. The fraction of sp³-hybridized carbons (Fsp3) is 0.308. The molecule has 4 nitrogen and oxygen atoms in total. The minimum absolute atomic E-state index is 0.391. The molecule has 0 fully saturated rings. The van der Waals surface area contributed by atoms with Crippen molar-refractivity contribution in [1.82, 2.24) is 4.98 Å². The second kappa shape index (κ2) is 7.00. The van der Waals surface area contributed by atoms with E-state index >= 15 is 0 Å². The summed E-state index contributed by atoms with van der Waals surface area (Å²) in [7, 11) is 3.15. The smallest absolute Gasteiger partial charge is 0.119 e. The van der Waals surface area contributed by atoms with Crippen LogP contribution in [0.3, 0.4) is 0 Å². The van der Waals surface area contributed by atoms with Gasteiger partial charge in [0.25, 0.3) is 0 Å². The first-order chi connectivity index (χ1) is 9.28. The molecule has 0 radical (unpaired) electrons. The van der Waals surface area contributed by atoms with Crippen LogP contribution in [0.1, 0.15) is 9.88 Å². The number of hydrogen-bond acceptors (Lipinski definition) is 5. The number of rotatable bonds is 6. The van der Waals surface area contributed by atoms with Crippen LogP contribution < -0.4 is 4.74 Å². The van der Waals surface area contributed by atoms with Gasteiger partial charge in [-0.3, -0.25) is 0 Å². The summed E-state index contributed by atoms with van der Waals surface area (Å²) in [5, 5.41) is 1.74. The Morgan fingerprint density at radius 3 is 2.53 bits per heavy atom. The topological polar surface area (TPSA) is 40.6 Å². The van der Waals surface area contributed by atoms with Crippen LogP contribution in [0, 0.1) is 0 Å². The fourth-order valence-corrected chi connectivity index (χ4v) is 2.95. The van der Waals surface area contributed by atoms with Crippen molar-refractivity contribution in [2.24, 2.45) is 0 Å². The molecular formula is C13H14BrNO3S. The lowest BCUT2D eigenvalue weighted by Gasteiger charge is -2.03. The highest BCUT2D eigenvalue weighted by atomic mass is 79.9. The molecule has 0 amide bonds. The number of aromatic nitrogens is 1. The normalized spacial score (nSPS) is 10.7. The highest BCUT2D eigenvalue weighted by Gasteiger charge is 2.13. The minimum Gasteiger partial charge on any atom is -0.497 e. The molecule has 0 aliphatic carbocycles. The van der Waals surface area contributed by atoms with Crippen molar-refractivity contribution in [2.75, 3.05) is 14.2 Å². The molecule has 1 aromatic carbocycles. The Bertz CT molecular complexity index is 527. The number of hydrogen-bond donors (Lipinski definition) is 0. The van der Waals surface area contributed by atoms with Crippen molar-refractivity contribution in [2.45, 2.75) is 11.9 Å². The molecule has 19 heavy (non-hydrogen) atoms. The third-order valence-corrected chi connectivity index (χ3v) is 4.46. The van der Waals surface area contributed by atoms with Gasteiger partial charge < -0.3 is 4.74 Å². The van der Waals surface area contributed by atoms with Gasteiger partial charge in [0.1, 0.15) is 17.4 Å². The van der Waals surface area contributed by atoms with E-state index in [2.05, 4.69) is 25.8 Å². The molecular weight excluding hydrogens is 330 g/mol. The summed E-state index contributed by atoms with van der Waals surface area (Å²) in [6.07, 6.45) is 0. The van der Waals surface area contributed by atoms with E-state index in [1.807, 2.05) is 24.3 Å². The van der Waals surface area contributed by atoms with E-state index in [1.165, 1.54) is 7.11 Å². The van der Waals surface area contributed by atoms with Crippen molar-refractivity contribution >= 4 is 27.3 Å². The molecule has 0 aliphatic rings. The van der Waals surface area contributed by atoms with E-state index in [0.717, 1.165) is 32.2 Å². The van der Waals surface area contributed by atoms with Gasteiger partial charge in [0.05, 0.1) is 30.1 Å². The molecule has 2 rings (SSSR count). The van der Waals surface area contributed by atoms with Crippen LogP contribution in [-0.4, -0.2) is 19.2 Å². The third kappa shape index (κ3) is 3.54. The first-order valence-corrected chi connectivity index (χ1v) is 7.57. The van der Waals surface area contributed by atoms with Crippen LogP contribution in [-0.2, 0) is 21.7 Å². The first kappa shape index (κ1) is 14.5. The van der Waals surface area contributed by atoms with Gasteiger partial charge in [-0.1, -0.05) is 15.9 Å². The molecule has 6 heteroatoms. The van der Waals surface area contributed by atoms with Crippen LogP contribution in [0.25, 0.3) is 11.3 Å². The predicted octanol–water partition coefficient (Wildman–Crippen LogP) is 3.79. The number of thiazole rings is 1. The summed E-state index contributed by atoms with van der Waals surface area (Å²) in [4.78, 5) is 15.3. The maximum Gasteiger partial charge on any atom is 0.119 e. The van der Waals surface area contributed by atoms with E-state index in [1.54, 1.807) is 18.4 Å². The number of benzene rings is 1.